The van der Waals surface area contributed by atoms with Crippen molar-refractivity contribution in [3.05, 3.63) is 47.7 Å². The van der Waals surface area contributed by atoms with E-state index in [1.165, 1.54) is 4.90 Å². The molecule has 5 atom stereocenters. The molecule has 0 unspecified atom stereocenters. The lowest BCUT2D eigenvalue weighted by atomic mass is 9.87. The molecular formula is C38H50N6O7S. The lowest BCUT2D eigenvalue weighted by molar-refractivity contribution is -0.141. The second-order valence-corrected chi connectivity index (χ2v) is 18.2. The second-order valence-electron chi connectivity index (χ2n) is 16.0. The van der Waals surface area contributed by atoms with E-state index in [4.69, 9.17) is 9.72 Å². The molecule has 280 valence electrons. The fourth-order valence-electron chi connectivity index (χ4n) is 8.10. The molecule has 0 radical (unpaired) electrons. The van der Waals surface area contributed by atoms with Gasteiger partial charge in [0.2, 0.25) is 21.8 Å². The third-order valence-electron chi connectivity index (χ3n) is 11.6. The zero-order chi connectivity index (χ0) is 37.1. The predicted molar refractivity (Wildman–Crippen MR) is 195 cm³/mol. The van der Waals surface area contributed by atoms with Crippen LogP contribution in [0.2, 0.25) is 0 Å². The van der Waals surface area contributed by atoms with Crippen molar-refractivity contribution in [1.29, 1.82) is 0 Å². The number of allylic oxidation sites excluding steroid dienone is 1. The fourth-order valence-corrected chi connectivity index (χ4v) is 9.42. The first-order valence-corrected chi connectivity index (χ1v) is 20.1. The second kappa shape index (κ2) is 13.3. The van der Waals surface area contributed by atoms with Crippen molar-refractivity contribution in [3.8, 4) is 5.75 Å². The van der Waals surface area contributed by atoms with Crippen molar-refractivity contribution in [2.75, 3.05) is 6.54 Å². The number of hydrogen-bond acceptors (Lipinski definition) is 8. The molecule has 2 saturated carbocycles. The summed E-state index contributed by atoms with van der Waals surface area (Å²) in [6.45, 7) is 7.26. The maximum Gasteiger partial charge on any atom is 0.315 e. The summed E-state index contributed by atoms with van der Waals surface area (Å²) < 4.78 is 34.4. The normalized spacial score (nSPS) is 29.9. The first kappa shape index (κ1) is 36.2. The Bertz CT molecular complexity index is 1940. The number of benzene rings is 1. The quantitative estimate of drug-likeness (QED) is 0.337. The summed E-state index contributed by atoms with van der Waals surface area (Å²) in [4.78, 5) is 62.3. The topological polar surface area (TPSA) is 176 Å². The third kappa shape index (κ3) is 6.74. The van der Waals surface area contributed by atoms with Crippen LogP contribution in [0.1, 0.15) is 96.2 Å². The highest BCUT2D eigenvalue weighted by atomic mass is 32.2. The summed E-state index contributed by atoms with van der Waals surface area (Å²) in [5.41, 5.74) is 0.206. The van der Waals surface area contributed by atoms with Gasteiger partial charge < -0.3 is 25.6 Å². The van der Waals surface area contributed by atoms with Gasteiger partial charge in [-0.2, -0.15) is 0 Å². The minimum absolute atomic E-state index is 0.0921. The van der Waals surface area contributed by atoms with E-state index in [0.29, 0.717) is 50.0 Å². The maximum absolute atomic E-state index is 14.6. The Balaban J connectivity index is 1.23. The number of urea groups is 1. The summed E-state index contributed by atoms with van der Waals surface area (Å²) in [6, 6.07) is 5.33. The number of ether oxygens (including phenoxy) is 1. The first-order valence-electron chi connectivity index (χ1n) is 18.7. The van der Waals surface area contributed by atoms with Crippen LogP contribution in [0.15, 0.2) is 36.4 Å². The molecule has 52 heavy (non-hydrogen) atoms. The highest BCUT2D eigenvalue weighted by molar-refractivity contribution is 7.91. The molecular weight excluding hydrogens is 685 g/mol. The number of aromatic nitrogens is 1. The predicted octanol–water partition coefficient (Wildman–Crippen LogP) is 3.68. The van der Waals surface area contributed by atoms with Crippen molar-refractivity contribution in [2.45, 2.75) is 132 Å². The van der Waals surface area contributed by atoms with E-state index in [2.05, 4.69) is 20.7 Å². The minimum atomic E-state index is -3.97. The van der Waals surface area contributed by atoms with Crippen LogP contribution in [-0.2, 0) is 30.8 Å². The van der Waals surface area contributed by atoms with Gasteiger partial charge in [-0.3, -0.25) is 19.1 Å². The number of carbonyl (C=O) groups is 4. The summed E-state index contributed by atoms with van der Waals surface area (Å²) in [7, 11) is -3.97. The molecule has 3 fully saturated rings. The van der Waals surface area contributed by atoms with Gasteiger partial charge >= 0.3 is 6.03 Å². The molecule has 1 aromatic carbocycles. The van der Waals surface area contributed by atoms with Crippen LogP contribution >= 0.6 is 0 Å². The SMILES string of the molecule is Cc1nc2ccccc2c2c1O[C@]1(CC2)C[C@H]2C(=O)N[C@]3(C(=O)NS(=O)(=O)C4(C)CC4)C[C@H]3C=CCCCCC[C@H](NC(=O)NC(C)C)C(=O)N2C1. The van der Waals surface area contributed by atoms with E-state index in [-0.39, 0.29) is 25.4 Å². The third-order valence-corrected chi connectivity index (χ3v) is 13.8. The van der Waals surface area contributed by atoms with E-state index in [1.54, 1.807) is 6.92 Å². The van der Waals surface area contributed by atoms with E-state index in [9.17, 15) is 27.6 Å². The zero-order valence-corrected chi connectivity index (χ0v) is 31.2. The first-order chi connectivity index (χ1) is 24.7. The number of carbonyl (C=O) groups excluding carboxylic acids is 4. The Hall–Kier alpha value is -4.20. The fraction of sp³-hybridized carbons (Fsp3) is 0.605. The lowest BCUT2D eigenvalue weighted by Crippen LogP contribution is -2.59. The minimum Gasteiger partial charge on any atom is -0.483 e. The Kier molecular flexibility index (Phi) is 9.28. The van der Waals surface area contributed by atoms with Crippen LogP contribution < -0.4 is 25.4 Å². The van der Waals surface area contributed by atoms with Crippen LogP contribution in [0.3, 0.4) is 0 Å². The molecule has 14 heteroatoms. The van der Waals surface area contributed by atoms with Crippen LogP contribution in [0.4, 0.5) is 4.79 Å². The summed E-state index contributed by atoms with van der Waals surface area (Å²) in [6.07, 6.45) is 9.75. The Labute approximate surface area is 305 Å². The average Bonchev–Trinajstić information content (AvgIpc) is 3.98. The molecule has 2 aromatic rings. The molecule has 5 amide bonds. The lowest BCUT2D eigenvalue weighted by Gasteiger charge is -2.36. The van der Waals surface area contributed by atoms with Crippen molar-refractivity contribution in [3.63, 3.8) is 0 Å². The van der Waals surface area contributed by atoms with Gasteiger partial charge in [-0.1, -0.05) is 43.2 Å². The van der Waals surface area contributed by atoms with Gasteiger partial charge in [-0.05, 0) is 85.1 Å². The molecule has 0 bridgehead atoms. The molecule has 1 aromatic heterocycles. The van der Waals surface area contributed by atoms with Crippen molar-refractivity contribution < 1.29 is 32.3 Å². The summed E-state index contributed by atoms with van der Waals surface area (Å²) in [5.74, 6) is -1.48. The number of para-hydroxylation sites is 1. The number of aryl methyl sites for hydroxylation is 2. The largest absolute Gasteiger partial charge is 0.483 e. The van der Waals surface area contributed by atoms with Crippen molar-refractivity contribution in [2.24, 2.45) is 5.92 Å². The molecule has 1 spiro atoms. The number of sulfonamides is 1. The van der Waals surface area contributed by atoms with Gasteiger partial charge in [0.1, 0.15) is 29.0 Å². The number of amides is 5. The number of rotatable bonds is 5. The van der Waals surface area contributed by atoms with E-state index in [0.717, 1.165) is 35.7 Å². The van der Waals surface area contributed by atoms with Crippen LogP contribution in [0.5, 0.6) is 5.75 Å². The number of hydrogen-bond donors (Lipinski definition) is 4. The van der Waals surface area contributed by atoms with E-state index >= 15 is 0 Å². The van der Waals surface area contributed by atoms with Crippen LogP contribution in [0.25, 0.3) is 10.9 Å². The van der Waals surface area contributed by atoms with Crippen molar-refractivity contribution >= 4 is 44.7 Å². The highest BCUT2D eigenvalue weighted by Crippen LogP contribution is 2.49. The molecule has 4 N–H and O–H groups in total. The zero-order valence-electron chi connectivity index (χ0n) is 30.4. The van der Waals surface area contributed by atoms with Gasteiger partial charge in [0.25, 0.3) is 5.91 Å². The molecule has 5 aliphatic rings. The van der Waals surface area contributed by atoms with Gasteiger partial charge in [0, 0.05) is 29.3 Å². The molecule has 7 rings (SSSR count). The summed E-state index contributed by atoms with van der Waals surface area (Å²) in [5, 5.41) is 9.63. The molecule has 3 aliphatic heterocycles. The highest BCUT2D eigenvalue weighted by Gasteiger charge is 2.64. The number of nitrogens with one attached hydrogen (secondary N) is 4. The Morgan fingerprint density at radius 3 is 2.60 bits per heavy atom. The average molecular weight is 735 g/mol. The van der Waals surface area contributed by atoms with Gasteiger partial charge in [-0.25, -0.2) is 18.2 Å². The number of nitrogens with zero attached hydrogens (tertiary/aromatic N) is 2. The van der Waals surface area contributed by atoms with Crippen molar-refractivity contribution in [1.82, 2.24) is 30.6 Å². The smallest absolute Gasteiger partial charge is 0.315 e. The Morgan fingerprint density at radius 2 is 1.85 bits per heavy atom. The van der Waals surface area contributed by atoms with E-state index < -0.39 is 67.7 Å². The van der Waals surface area contributed by atoms with Gasteiger partial charge in [-0.15, -0.1) is 0 Å². The Morgan fingerprint density at radius 1 is 1.08 bits per heavy atom. The monoisotopic (exact) mass is 734 g/mol. The van der Waals surface area contributed by atoms with Gasteiger partial charge in [0.15, 0.2) is 0 Å². The molecule has 2 aliphatic carbocycles. The molecule has 4 heterocycles. The van der Waals surface area contributed by atoms with Crippen LogP contribution in [-0.4, -0.2) is 82.6 Å². The standard InChI is InChI=1S/C38H50N6O7S/c1-23(2)39-35(48)41-29-15-9-7-5-6-8-12-25-20-38(25,34(47)43-52(49,50)36(4)18-19-36)42-32(45)30-21-37(22-44(30)33(29)46)17-16-27-26-13-10-11-14-28(26)40-24(3)31(27)51-37/h8,10-14,23,25,29-30H,5-7,9,15-22H2,1-4H3,(H,42,45)(H,43,47)(H2,39,41,48)/t25-,29+,30+,37-,38-/m1/s1. The number of fused-ring (bicyclic) bond motifs is 5. The maximum atomic E-state index is 14.6. The van der Waals surface area contributed by atoms with Gasteiger partial charge in [0.05, 0.1) is 22.5 Å². The summed E-state index contributed by atoms with van der Waals surface area (Å²) >= 11 is 0. The van der Waals surface area contributed by atoms with Crippen LogP contribution in [0, 0.1) is 12.8 Å². The molecule has 1 saturated heterocycles. The van der Waals surface area contributed by atoms with E-state index in [1.807, 2.05) is 57.2 Å². The molecule has 13 nitrogen and oxygen atoms in total. The number of pyridine rings is 1.